The molecule has 1 aromatic rings. The maximum absolute atomic E-state index is 12.6. The lowest BCUT2D eigenvalue weighted by Gasteiger charge is -2.25. The third kappa shape index (κ3) is 2.73. The van der Waals surface area contributed by atoms with Crippen molar-refractivity contribution in [2.45, 2.75) is 27.2 Å². The Bertz CT molecular complexity index is 494. The molecule has 1 aliphatic rings. The number of nitrogens with two attached hydrogens (primary N) is 1. The van der Waals surface area contributed by atoms with Gasteiger partial charge in [-0.25, -0.2) is 0 Å². The SMILES string of the molecule is Cc1cc2c(cc1C(=O)C(C)(C)CCN)OCCO2. The topological polar surface area (TPSA) is 61.6 Å². The molecule has 2 N–H and O–H groups in total. The van der Waals surface area contributed by atoms with Gasteiger partial charge in [0.05, 0.1) is 0 Å². The zero-order valence-electron chi connectivity index (χ0n) is 11.8. The molecule has 104 valence electrons. The Morgan fingerprint density at radius 3 is 2.42 bits per heavy atom. The number of aryl methyl sites for hydroxylation is 1. The van der Waals surface area contributed by atoms with Crippen LogP contribution in [0, 0.1) is 12.3 Å². The van der Waals surface area contributed by atoms with Gasteiger partial charge in [-0.2, -0.15) is 0 Å². The summed E-state index contributed by atoms with van der Waals surface area (Å²) in [6.07, 6.45) is 0.666. The normalized spacial score (nSPS) is 14.3. The molecule has 1 heterocycles. The molecular formula is C15H21NO3. The molecule has 1 aromatic carbocycles. The fourth-order valence-electron chi connectivity index (χ4n) is 2.27. The van der Waals surface area contributed by atoms with Crippen molar-refractivity contribution in [3.63, 3.8) is 0 Å². The maximum atomic E-state index is 12.6. The quantitative estimate of drug-likeness (QED) is 0.847. The number of carbonyl (C=O) groups excluding carboxylic acids is 1. The van der Waals surface area contributed by atoms with Crippen LogP contribution in [0.25, 0.3) is 0 Å². The number of ether oxygens (including phenoxy) is 2. The van der Waals surface area contributed by atoms with E-state index in [0.717, 1.165) is 11.3 Å². The molecule has 0 fully saturated rings. The molecule has 0 bridgehead atoms. The Hall–Kier alpha value is -1.55. The van der Waals surface area contributed by atoms with E-state index in [9.17, 15) is 4.79 Å². The van der Waals surface area contributed by atoms with Crippen molar-refractivity contribution in [3.05, 3.63) is 23.3 Å². The number of hydrogen-bond donors (Lipinski definition) is 1. The molecule has 19 heavy (non-hydrogen) atoms. The summed E-state index contributed by atoms with van der Waals surface area (Å²) in [5.41, 5.74) is 6.74. The first kappa shape index (κ1) is 13.9. The molecule has 0 saturated heterocycles. The van der Waals surface area contributed by atoms with Crippen LogP contribution in [0.1, 0.15) is 36.2 Å². The van der Waals surface area contributed by atoms with Crippen LogP contribution >= 0.6 is 0 Å². The molecule has 1 aliphatic heterocycles. The first-order valence-corrected chi connectivity index (χ1v) is 6.61. The average Bonchev–Trinajstić information content (AvgIpc) is 2.37. The van der Waals surface area contributed by atoms with E-state index in [1.165, 1.54) is 0 Å². The van der Waals surface area contributed by atoms with Crippen molar-refractivity contribution in [2.24, 2.45) is 11.1 Å². The Labute approximate surface area is 113 Å². The van der Waals surface area contributed by atoms with Crippen LogP contribution in [-0.4, -0.2) is 25.5 Å². The fraction of sp³-hybridized carbons (Fsp3) is 0.533. The largest absolute Gasteiger partial charge is 0.486 e. The van der Waals surface area contributed by atoms with Crippen molar-refractivity contribution in [3.8, 4) is 11.5 Å². The Morgan fingerprint density at radius 1 is 1.26 bits per heavy atom. The molecule has 0 unspecified atom stereocenters. The average molecular weight is 263 g/mol. The molecule has 4 heteroatoms. The van der Waals surface area contributed by atoms with Crippen molar-refractivity contribution in [1.29, 1.82) is 0 Å². The zero-order valence-corrected chi connectivity index (χ0v) is 11.8. The summed E-state index contributed by atoms with van der Waals surface area (Å²) < 4.78 is 11.1. The Kier molecular flexibility index (Phi) is 3.80. The van der Waals surface area contributed by atoms with Gasteiger partial charge in [-0.15, -0.1) is 0 Å². The first-order valence-electron chi connectivity index (χ1n) is 6.61. The highest BCUT2D eigenvalue weighted by molar-refractivity contribution is 6.01. The van der Waals surface area contributed by atoms with Gasteiger partial charge >= 0.3 is 0 Å². The van der Waals surface area contributed by atoms with E-state index < -0.39 is 5.41 Å². The number of hydrogen-bond acceptors (Lipinski definition) is 4. The maximum Gasteiger partial charge on any atom is 0.168 e. The zero-order chi connectivity index (χ0) is 14.0. The molecule has 0 aromatic heterocycles. The summed E-state index contributed by atoms with van der Waals surface area (Å²) in [5.74, 6) is 1.48. The van der Waals surface area contributed by atoms with Crippen molar-refractivity contribution in [1.82, 2.24) is 0 Å². The number of ketones is 1. The first-order chi connectivity index (χ1) is 8.95. The highest BCUT2D eigenvalue weighted by Gasteiger charge is 2.30. The smallest absolute Gasteiger partial charge is 0.168 e. The van der Waals surface area contributed by atoms with Crippen molar-refractivity contribution < 1.29 is 14.3 Å². The molecule has 0 spiro atoms. The molecule has 2 rings (SSSR count). The molecule has 0 atom stereocenters. The van der Waals surface area contributed by atoms with Gasteiger partial charge in [-0.05, 0) is 37.6 Å². The second-order valence-electron chi connectivity index (χ2n) is 5.56. The Balaban J connectivity index is 2.37. The molecule has 0 saturated carbocycles. The molecule has 0 amide bonds. The van der Waals surface area contributed by atoms with Crippen molar-refractivity contribution >= 4 is 5.78 Å². The van der Waals surface area contributed by atoms with Crippen LogP contribution in [0.2, 0.25) is 0 Å². The standard InChI is InChI=1S/C15H21NO3/c1-10-8-12-13(19-7-6-18-12)9-11(10)14(17)15(2,3)4-5-16/h8-9H,4-7,16H2,1-3H3. The van der Waals surface area contributed by atoms with Crippen LogP contribution in [0.5, 0.6) is 11.5 Å². The van der Waals surface area contributed by atoms with Crippen LogP contribution in [0.15, 0.2) is 12.1 Å². The second-order valence-corrected chi connectivity index (χ2v) is 5.56. The predicted molar refractivity (Wildman–Crippen MR) is 74.0 cm³/mol. The van der Waals surface area contributed by atoms with Gasteiger partial charge in [0.2, 0.25) is 0 Å². The highest BCUT2D eigenvalue weighted by atomic mass is 16.6. The van der Waals surface area contributed by atoms with E-state index in [1.54, 1.807) is 6.07 Å². The van der Waals surface area contributed by atoms with E-state index in [-0.39, 0.29) is 5.78 Å². The molecule has 0 aliphatic carbocycles. The van der Waals surface area contributed by atoms with E-state index in [1.807, 2.05) is 26.8 Å². The molecule has 4 nitrogen and oxygen atoms in total. The van der Waals surface area contributed by atoms with Crippen LogP contribution in [-0.2, 0) is 0 Å². The lowest BCUT2D eigenvalue weighted by molar-refractivity contribution is 0.0827. The second kappa shape index (κ2) is 5.21. The van der Waals surface area contributed by atoms with Gasteiger partial charge in [0.1, 0.15) is 13.2 Å². The van der Waals surface area contributed by atoms with Gasteiger partial charge in [0, 0.05) is 11.0 Å². The van der Waals surface area contributed by atoms with Crippen LogP contribution in [0.3, 0.4) is 0 Å². The van der Waals surface area contributed by atoms with E-state index in [2.05, 4.69) is 0 Å². The minimum absolute atomic E-state index is 0.104. The third-order valence-electron chi connectivity index (χ3n) is 3.52. The fourth-order valence-corrected chi connectivity index (χ4v) is 2.27. The van der Waals surface area contributed by atoms with Gasteiger partial charge in [-0.1, -0.05) is 13.8 Å². The summed E-state index contributed by atoms with van der Waals surface area (Å²) >= 11 is 0. The van der Waals surface area contributed by atoms with Gasteiger partial charge in [0.25, 0.3) is 0 Å². The summed E-state index contributed by atoms with van der Waals surface area (Å²) in [5, 5.41) is 0. The number of Topliss-reactive ketones (excluding diaryl/α,β-unsaturated/α-hetero) is 1. The monoisotopic (exact) mass is 263 g/mol. The van der Waals surface area contributed by atoms with E-state index in [0.29, 0.717) is 37.5 Å². The van der Waals surface area contributed by atoms with E-state index in [4.69, 9.17) is 15.2 Å². The van der Waals surface area contributed by atoms with Crippen molar-refractivity contribution in [2.75, 3.05) is 19.8 Å². The van der Waals surface area contributed by atoms with Gasteiger partial charge in [0.15, 0.2) is 17.3 Å². The summed E-state index contributed by atoms with van der Waals surface area (Å²) in [7, 11) is 0. The third-order valence-corrected chi connectivity index (χ3v) is 3.52. The number of carbonyl (C=O) groups is 1. The van der Waals surface area contributed by atoms with Crippen LogP contribution in [0.4, 0.5) is 0 Å². The summed E-state index contributed by atoms with van der Waals surface area (Å²) in [6, 6.07) is 3.67. The van der Waals surface area contributed by atoms with E-state index >= 15 is 0 Å². The molecule has 0 radical (unpaired) electrons. The lowest BCUT2D eigenvalue weighted by atomic mass is 9.80. The minimum Gasteiger partial charge on any atom is -0.486 e. The number of rotatable bonds is 4. The highest BCUT2D eigenvalue weighted by Crippen LogP contribution is 2.36. The van der Waals surface area contributed by atoms with Crippen LogP contribution < -0.4 is 15.2 Å². The molecular weight excluding hydrogens is 242 g/mol. The lowest BCUT2D eigenvalue weighted by Crippen LogP contribution is -2.28. The number of fused-ring (bicyclic) bond motifs is 1. The van der Waals surface area contributed by atoms with Gasteiger partial charge in [-0.3, -0.25) is 4.79 Å². The van der Waals surface area contributed by atoms with Gasteiger partial charge < -0.3 is 15.2 Å². The predicted octanol–water partition coefficient (Wildman–Crippen LogP) is 2.32. The Morgan fingerprint density at radius 2 is 1.84 bits per heavy atom. The minimum atomic E-state index is -0.455. The summed E-state index contributed by atoms with van der Waals surface area (Å²) in [6.45, 7) is 7.36. The summed E-state index contributed by atoms with van der Waals surface area (Å²) in [4.78, 5) is 12.6. The number of benzene rings is 1.